The Labute approximate surface area is 125 Å². The fourth-order valence-corrected chi connectivity index (χ4v) is 4.37. The highest BCUT2D eigenvalue weighted by molar-refractivity contribution is 5.81. The molecule has 1 saturated carbocycles. The molecule has 0 radical (unpaired) electrons. The number of hydrogen-bond acceptors (Lipinski definition) is 1. The topological polar surface area (TPSA) is 22.0 Å². The summed E-state index contributed by atoms with van der Waals surface area (Å²) in [6.07, 6.45) is 9.78. The van der Waals surface area contributed by atoms with Crippen LogP contribution in [0, 0.1) is 0 Å². The van der Waals surface area contributed by atoms with E-state index in [4.69, 9.17) is 0 Å². The summed E-state index contributed by atoms with van der Waals surface area (Å²) in [4.78, 5) is 12.8. The Hall–Kier alpha value is -1.57. The van der Waals surface area contributed by atoms with Gasteiger partial charge < -0.3 is 4.57 Å². The number of fused-ring (bicyclic) bond motifs is 2. The second-order valence-electron chi connectivity index (χ2n) is 6.78. The predicted molar refractivity (Wildman–Crippen MR) is 87.0 cm³/mol. The van der Waals surface area contributed by atoms with Crippen molar-refractivity contribution in [2.24, 2.45) is 7.05 Å². The molecule has 0 amide bonds. The van der Waals surface area contributed by atoms with Crippen molar-refractivity contribution >= 4 is 10.9 Å². The Bertz CT molecular complexity index is 750. The summed E-state index contributed by atoms with van der Waals surface area (Å²) in [5.74, 6) is 0.668. The summed E-state index contributed by atoms with van der Waals surface area (Å²) in [6, 6.07) is 6.64. The van der Waals surface area contributed by atoms with Crippen molar-refractivity contribution in [3.63, 3.8) is 0 Å². The molecule has 0 N–H and O–H groups in total. The number of aromatic nitrogens is 1. The molecule has 0 saturated heterocycles. The van der Waals surface area contributed by atoms with E-state index in [1.807, 2.05) is 0 Å². The lowest BCUT2D eigenvalue weighted by molar-refractivity contribution is 0.444. The van der Waals surface area contributed by atoms with Crippen molar-refractivity contribution in [3.05, 3.63) is 45.2 Å². The van der Waals surface area contributed by atoms with Crippen LogP contribution >= 0.6 is 0 Å². The van der Waals surface area contributed by atoms with Gasteiger partial charge in [-0.3, -0.25) is 4.79 Å². The summed E-state index contributed by atoms with van der Waals surface area (Å²) >= 11 is 0. The molecule has 4 rings (SSSR count). The smallest absolute Gasteiger partial charge is 0.192 e. The SMILES string of the molecule is Cn1c2c(c(=O)c3cc(C4CCCCC4)ccc31)CCC2. The summed E-state index contributed by atoms with van der Waals surface area (Å²) in [6.45, 7) is 0. The van der Waals surface area contributed by atoms with Crippen molar-refractivity contribution in [3.8, 4) is 0 Å². The average Bonchev–Trinajstić information content (AvgIpc) is 3.03. The zero-order valence-corrected chi connectivity index (χ0v) is 12.8. The van der Waals surface area contributed by atoms with Crippen LogP contribution in [0.4, 0.5) is 0 Å². The van der Waals surface area contributed by atoms with E-state index in [0.29, 0.717) is 11.3 Å². The monoisotopic (exact) mass is 281 g/mol. The lowest BCUT2D eigenvalue weighted by atomic mass is 9.83. The molecule has 2 aromatic rings. The maximum atomic E-state index is 12.8. The van der Waals surface area contributed by atoms with Crippen molar-refractivity contribution in [1.82, 2.24) is 4.57 Å². The average molecular weight is 281 g/mol. The summed E-state index contributed by atoms with van der Waals surface area (Å²) in [5, 5.41) is 0.946. The molecular formula is C19H23NO. The number of nitrogens with zero attached hydrogens (tertiary/aromatic N) is 1. The molecule has 2 aliphatic rings. The van der Waals surface area contributed by atoms with Gasteiger partial charge in [0.05, 0.1) is 5.52 Å². The highest BCUT2D eigenvalue weighted by Crippen LogP contribution is 2.34. The molecule has 0 unspecified atom stereocenters. The van der Waals surface area contributed by atoms with Crippen molar-refractivity contribution in [2.45, 2.75) is 57.3 Å². The summed E-state index contributed by atoms with van der Waals surface area (Å²) < 4.78 is 2.25. The van der Waals surface area contributed by atoms with Crippen LogP contribution in [0.15, 0.2) is 23.0 Å². The second-order valence-corrected chi connectivity index (χ2v) is 6.78. The second kappa shape index (κ2) is 5.01. The number of hydrogen-bond donors (Lipinski definition) is 0. The van der Waals surface area contributed by atoms with E-state index in [1.165, 1.54) is 43.4 Å². The zero-order chi connectivity index (χ0) is 14.4. The van der Waals surface area contributed by atoms with Gasteiger partial charge >= 0.3 is 0 Å². The Morgan fingerprint density at radius 1 is 1.05 bits per heavy atom. The number of pyridine rings is 1. The van der Waals surface area contributed by atoms with E-state index in [0.717, 1.165) is 35.7 Å². The Morgan fingerprint density at radius 2 is 1.86 bits per heavy atom. The van der Waals surface area contributed by atoms with Crippen molar-refractivity contribution in [2.75, 3.05) is 0 Å². The molecule has 110 valence electrons. The van der Waals surface area contributed by atoms with Crippen LogP contribution in [0.2, 0.25) is 0 Å². The van der Waals surface area contributed by atoms with Gasteiger partial charge in [-0.2, -0.15) is 0 Å². The standard InChI is InChI=1S/C19H23NO/c1-20-17-9-5-8-15(17)19(21)16-12-14(10-11-18(16)20)13-6-3-2-4-7-13/h10-13H,2-9H2,1H3. The van der Waals surface area contributed by atoms with Gasteiger partial charge in [-0.25, -0.2) is 0 Å². The molecule has 1 aromatic carbocycles. The lowest BCUT2D eigenvalue weighted by Crippen LogP contribution is -2.16. The maximum absolute atomic E-state index is 12.8. The molecular weight excluding hydrogens is 258 g/mol. The van der Waals surface area contributed by atoms with Crippen LogP contribution in [-0.2, 0) is 19.9 Å². The van der Waals surface area contributed by atoms with Crippen LogP contribution in [0.25, 0.3) is 10.9 Å². The molecule has 1 heterocycles. The molecule has 2 aliphatic carbocycles. The van der Waals surface area contributed by atoms with Crippen LogP contribution in [0.5, 0.6) is 0 Å². The third-order valence-electron chi connectivity index (χ3n) is 5.57. The first-order chi connectivity index (χ1) is 10.3. The molecule has 1 aromatic heterocycles. The van der Waals surface area contributed by atoms with Crippen molar-refractivity contribution < 1.29 is 0 Å². The van der Waals surface area contributed by atoms with Gasteiger partial charge in [-0.15, -0.1) is 0 Å². The third-order valence-corrected chi connectivity index (χ3v) is 5.57. The van der Waals surface area contributed by atoms with Crippen LogP contribution in [0.1, 0.15) is 61.3 Å². The molecule has 2 heteroatoms. The van der Waals surface area contributed by atoms with Gasteiger partial charge in [0.15, 0.2) is 5.43 Å². The molecule has 1 fully saturated rings. The van der Waals surface area contributed by atoms with Crippen LogP contribution in [0.3, 0.4) is 0 Å². The first-order valence-electron chi connectivity index (χ1n) is 8.40. The molecule has 21 heavy (non-hydrogen) atoms. The normalized spacial score (nSPS) is 19.1. The van der Waals surface area contributed by atoms with Gasteiger partial charge in [0, 0.05) is 23.7 Å². The van der Waals surface area contributed by atoms with Crippen LogP contribution < -0.4 is 5.43 Å². The molecule has 0 bridgehead atoms. The lowest BCUT2D eigenvalue weighted by Gasteiger charge is -2.22. The highest BCUT2D eigenvalue weighted by atomic mass is 16.1. The van der Waals surface area contributed by atoms with E-state index in [9.17, 15) is 4.79 Å². The van der Waals surface area contributed by atoms with E-state index < -0.39 is 0 Å². The Morgan fingerprint density at radius 3 is 2.67 bits per heavy atom. The maximum Gasteiger partial charge on any atom is 0.192 e. The van der Waals surface area contributed by atoms with E-state index in [2.05, 4.69) is 29.8 Å². The van der Waals surface area contributed by atoms with Crippen molar-refractivity contribution in [1.29, 1.82) is 0 Å². The van der Waals surface area contributed by atoms with Gasteiger partial charge in [0.1, 0.15) is 0 Å². The molecule has 0 spiro atoms. The first-order valence-corrected chi connectivity index (χ1v) is 8.40. The molecule has 2 nitrogen and oxygen atoms in total. The van der Waals surface area contributed by atoms with E-state index in [1.54, 1.807) is 0 Å². The quantitative estimate of drug-likeness (QED) is 0.772. The zero-order valence-electron chi connectivity index (χ0n) is 12.8. The predicted octanol–water partition coefficient (Wildman–Crippen LogP) is 4.07. The molecule has 0 atom stereocenters. The largest absolute Gasteiger partial charge is 0.347 e. The summed E-state index contributed by atoms with van der Waals surface area (Å²) in [7, 11) is 2.12. The van der Waals surface area contributed by atoms with Gasteiger partial charge in [-0.05, 0) is 55.7 Å². The Kier molecular flexibility index (Phi) is 3.13. The number of aryl methyl sites for hydroxylation is 1. The number of benzene rings is 1. The van der Waals surface area contributed by atoms with E-state index >= 15 is 0 Å². The van der Waals surface area contributed by atoms with Gasteiger partial charge in [0.25, 0.3) is 0 Å². The third kappa shape index (κ3) is 2.04. The first kappa shape index (κ1) is 13.1. The highest BCUT2D eigenvalue weighted by Gasteiger charge is 2.21. The fourth-order valence-electron chi connectivity index (χ4n) is 4.37. The minimum absolute atomic E-state index is 0.299. The Balaban J connectivity index is 1.89. The summed E-state index contributed by atoms with van der Waals surface area (Å²) in [5.41, 5.74) is 5.13. The van der Waals surface area contributed by atoms with Gasteiger partial charge in [0.2, 0.25) is 0 Å². The minimum Gasteiger partial charge on any atom is -0.347 e. The number of rotatable bonds is 1. The van der Waals surface area contributed by atoms with E-state index in [-0.39, 0.29) is 0 Å². The van der Waals surface area contributed by atoms with Gasteiger partial charge in [-0.1, -0.05) is 25.3 Å². The fraction of sp³-hybridized carbons (Fsp3) is 0.526. The molecule has 0 aliphatic heterocycles. The minimum atomic E-state index is 0.299. The van der Waals surface area contributed by atoms with Crippen LogP contribution in [-0.4, -0.2) is 4.57 Å².